The Balaban J connectivity index is 1.90. The van der Waals surface area contributed by atoms with Crippen molar-refractivity contribution in [3.8, 4) is 17.2 Å². The maximum absolute atomic E-state index is 12.7. The molecule has 6 nitrogen and oxygen atoms in total. The smallest absolute Gasteiger partial charge is 0.252 e. The Bertz CT molecular complexity index is 833. The molecule has 0 heterocycles. The van der Waals surface area contributed by atoms with E-state index < -0.39 is 6.10 Å². The summed E-state index contributed by atoms with van der Waals surface area (Å²) in [6.45, 7) is 10.5. The molecule has 0 aliphatic heterocycles. The monoisotopic (exact) mass is 443 g/mol. The quantitative estimate of drug-likeness (QED) is 0.491. The van der Waals surface area contributed by atoms with Crippen LogP contribution in [0.5, 0.6) is 17.2 Å². The van der Waals surface area contributed by atoms with Crippen LogP contribution >= 0.6 is 0 Å². The molecule has 0 aliphatic carbocycles. The summed E-state index contributed by atoms with van der Waals surface area (Å²) in [7, 11) is 1.62. The van der Waals surface area contributed by atoms with Crippen LogP contribution in [0.2, 0.25) is 0 Å². The minimum absolute atomic E-state index is 0.0683. The molecule has 0 fully saturated rings. The van der Waals surface area contributed by atoms with E-state index in [4.69, 9.17) is 18.9 Å². The first kappa shape index (κ1) is 25.5. The molecule has 2 rings (SSSR count). The standard InChI is InChI=1S/C26H37NO5/c1-7-20-8-11-22(12-9-20)30-17-25(32-19(4)5)26(28)27-15-14-21-10-13-23(31-18(2)3)24(16-21)29-6/h8-13,16,18-19,25H,7,14-15,17H2,1-6H3,(H,27,28)/t25-/m0/s1. The lowest BCUT2D eigenvalue weighted by atomic mass is 10.1. The van der Waals surface area contributed by atoms with Crippen LogP contribution in [-0.2, 0) is 22.4 Å². The number of rotatable bonds is 13. The van der Waals surface area contributed by atoms with Gasteiger partial charge in [-0.25, -0.2) is 0 Å². The first-order valence-corrected chi connectivity index (χ1v) is 11.3. The van der Waals surface area contributed by atoms with Crippen LogP contribution in [0.15, 0.2) is 42.5 Å². The minimum Gasteiger partial charge on any atom is -0.493 e. The molecule has 32 heavy (non-hydrogen) atoms. The van der Waals surface area contributed by atoms with E-state index in [0.717, 1.165) is 17.7 Å². The second-order valence-corrected chi connectivity index (χ2v) is 8.17. The Hall–Kier alpha value is -2.73. The SMILES string of the molecule is CCc1ccc(OC[C@H](OC(C)C)C(=O)NCCc2ccc(OC(C)C)c(OC)c2)cc1. The van der Waals surface area contributed by atoms with Crippen molar-refractivity contribution in [2.45, 2.75) is 65.8 Å². The van der Waals surface area contributed by atoms with E-state index >= 15 is 0 Å². The molecule has 6 heteroatoms. The molecule has 0 radical (unpaired) electrons. The fourth-order valence-electron chi connectivity index (χ4n) is 3.16. The molecule has 0 aliphatic rings. The van der Waals surface area contributed by atoms with Crippen molar-refractivity contribution in [2.24, 2.45) is 0 Å². The first-order valence-electron chi connectivity index (χ1n) is 11.3. The lowest BCUT2D eigenvalue weighted by molar-refractivity contribution is -0.137. The number of hydrogen-bond acceptors (Lipinski definition) is 5. The summed E-state index contributed by atoms with van der Waals surface area (Å²) in [5.41, 5.74) is 2.29. The Kier molecular flexibility index (Phi) is 10.3. The second kappa shape index (κ2) is 13.0. The lowest BCUT2D eigenvalue weighted by Crippen LogP contribution is -2.42. The van der Waals surface area contributed by atoms with Gasteiger partial charge in [-0.15, -0.1) is 0 Å². The fourth-order valence-corrected chi connectivity index (χ4v) is 3.16. The van der Waals surface area contributed by atoms with E-state index in [9.17, 15) is 4.79 Å². The van der Waals surface area contributed by atoms with Gasteiger partial charge in [0.2, 0.25) is 0 Å². The number of hydrogen-bond donors (Lipinski definition) is 1. The fraction of sp³-hybridized carbons (Fsp3) is 0.500. The van der Waals surface area contributed by atoms with Crippen LogP contribution in [0.3, 0.4) is 0 Å². The average Bonchev–Trinajstić information content (AvgIpc) is 2.77. The number of ether oxygens (including phenoxy) is 4. The highest BCUT2D eigenvalue weighted by Gasteiger charge is 2.21. The number of carbonyl (C=O) groups excluding carboxylic acids is 1. The van der Waals surface area contributed by atoms with E-state index in [1.54, 1.807) is 7.11 Å². The lowest BCUT2D eigenvalue weighted by Gasteiger charge is -2.20. The van der Waals surface area contributed by atoms with Crippen LogP contribution < -0.4 is 19.5 Å². The number of carbonyl (C=O) groups is 1. The molecule has 0 bridgehead atoms. The molecule has 0 saturated carbocycles. The van der Waals surface area contributed by atoms with Gasteiger partial charge in [-0.05, 0) is 75.9 Å². The van der Waals surface area contributed by atoms with Gasteiger partial charge >= 0.3 is 0 Å². The molecular formula is C26H37NO5. The molecule has 0 spiro atoms. The summed E-state index contributed by atoms with van der Waals surface area (Å²) in [5, 5.41) is 2.96. The maximum Gasteiger partial charge on any atom is 0.252 e. The molecular weight excluding hydrogens is 406 g/mol. The molecule has 0 unspecified atom stereocenters. The van der Waals surface area contributed by atoms with Gasteiger partial charge in [-0.3, -0.25) is 4.79 Å². The van der Waals surface area contributed by atoms with E-state index in [2.05, 4.69) is 12.2 Å². The zero-order valence-corrected chi connectivity index (χ0v) is 20.1. The van der Waals surface area contributed by atoms with E-state index in [1.807, 2.05) is 70.2 Å². The van der Waals surface area contributed by atoms with Gasteiger partial charge in [0.05, 0.1) is 19.3 Å². The van der Waals surface area contributed by atoms with Crippen molar-refractivity contribution in [3.05, 3.63) is 53.6 Å². The van der Waals surface area contributed by atoms with Gasteiger partial charge in [0.1, 0.15) is 12.4 Å². The molecule has 0 aromatic heterocycles. The molecule has 1 amide bonds. The Morgan fingerprint density at radius 3 is 2.22 bits per heavy atom. The molecule has 0 saturated heterocycles. The van der Waals surface area contributed by atoms with Gasteiger partial charge < -0.3 is 24.3 Å². The van der Waals surface area contributed by atoms with Crippen LogP contribution in [0.4, 0.5) is 0 Å². The largest absolute Gasteiger partial charge is 0.493 e. The average molecular weight is 444 g/mol. The number of benzene rings is 2. The van der Waals surface area contributed by atoms with Crippen molar-refractivity contribution in [2.75, 3.05) is 20.3 Å². The molecule has 2 aromatic rings. The third kappa shape index (κ3) is 8.42. The summed E-state index contributed by atoms with van der Waals surface area (Å²) in [5.74, 6) is 1.94. The summed E-state index contributed by atoms with van der Waals surface area (Å²) in [6, 6.07) is 13.7. The third-order valence-corrected chi connectivity index (χ3v) is 4.77. The highest BCUT2D eigenvalue weighted by Crippen LogP contribution is 2.29. The Morgan fingerprint density at radius 2 is 1.62 bits per heavy atom. The van der Waals surface area contributed by atoms with Crippen LogP contribution in [0.25, 0.3) is 0 Å². The zero-order chi connectivity index (χ0) is 23.5. The third-order valence-electron chi connectivity index (χ3n) is 4.77. The van der Waals surface area contributed by atoms with Crippen LogP contribution in [0, 0.1) is 0 Å². The van der Waals surface area contributed by atoms with Gasteiger partial charge in [0, 0.05) is 6.54 Å². The number of amides is 1. The van der Waals surface area contributed by atoms with Crippen molar-refractivity contribution < 1.29 is 23.7 Å². The van der Waals surface area contributed by atoms with Crippen LogP contribution in [0.1, 0.15) is 45.7 Å². The molecule has 2 aromatic carbocycles. The Morgan fingerprint density at radius 1 is 0.938 bits per heavy atom. The predicted molar refractivity (Wildman–Crippen MR) is 127 cm³/mol. The summed E-state index contributed by atoms with van der Waals surface area (Å²) in [6.07, 6.45) is 0.935. The van der Waals surface area contributed by atoms with Gasteiger partial charge in [0.15, 0.2) is 17.6 Å². The molecule has 176 valence electrons. The topological polar surface area (TPSA) is 66.0 Å². The maximum atomic E-state index is 12.7. The van der Waals surface area contributed by atoms with E-state index in [0.29, 0.717) is 24.5 Å². The van der Waals surface area contributed by atoms with Crippen LogP contribution in [-0.4, -0.2) is 44.5 Å². The van der Waals surface area contributed by atoms with Crippen molar-refractivity contribution in [1.29, 1.82) is 0 Å². The van der Waals surface area contributed by atoms with Gasteiger partial charge in [-0.1, -0.05) is 25.1 Å². The summed E-state index contributed by atoms with van der Waals surface area (Å²) < 4.78 is 22.8. The summed E-state index contributed by atoms with van der Waals surface area (Å²) >= 11 is 0. The van der Waals surface area contributed by atoms with Gasteiger partial charge in [-0.2, -0.15) is 0 Å². The minimum atomic E-state index is -0.683. The molecule has 1 N–H and O–H groups in total. The van der Waals surface area contributed by atoms with Crippen molar-refractivity contribution >= 4 is 5.91 Å². The number of nitrogens with one attached hydrogen (secondary N) is 1. The van der Waals surface area contributed by atoms with E-state index in [1.165, 1.54) is 5.56 Å². The van der Waals surface area contributed by atoms with Crippen molar-refractivity contribution in [1.82, 2.24) is 5.32 Å². The number of aryl methyl sites for hydroxylation is 1. The van der Waals surface area contributed by atoms with Gasteiger partial charge in [0.25, 0.3) is 5.91 Å². The highest BCUT2D eigenvalue weighted by atomic mass is 16.5. The number of methoxy groups -OCH3 is 1. The normalized spacial score (nSPS) is 12.0. The van der Waals surface area contributed by atoms with E-state index in [-0.39, 0.29) is 24.7 Å². The highest BCUT2D eigenvalue weighted by molar-refractivity contribution is 5.81. The Labute approximate surface area is 192 Å². The second-order valence-electron chi connectivity index (χ2n) is 8.17. The first-order chi connectivity index (χ1) is 15.3. The zero-order valence-electron chi connectivity index (χ0n) is 20.1. The van der Waals surface area contributed by atoms with Crippen molar-refractivity contribution in [3.63, 3.8) is 0 Å². The summed E-state index contributed by atoms with van der Waals surface area (Å²) in [4.78, 5) is 12.7. The predicted octanol–water partition coefficient (Wildman–Crippen LogP) is 4.58. The molecule has 1 atom stereocenters.